The Balaban J connectivity index is 2.37. The molecule has 2 N–H and O–H groups in total. The fraction of sp³-hybridized carbons (Fsp3) is 0.857. The number of carbonyl (C=O) groups is 2. The number of carboxylic acid groups (broad SMARTS) is 1. The molecular formula is C14H27N3O3. The van der Waals surface area contributed by atoms with Gasteiger partial charge in [0.2, 0.25) is 0 Å². The summed E-state index contributed by atoms with van der Waals surface area (Å²) in [4.78, 5) is 26.5. The second-order valence-electron chi connectivity index (χ2n) is 6.22. The third-order valence-corrected chi connectivity index (χ3v) is 4.24. The molecule has 1 atom stereocenters. The van der Waals surface area contributed by atoms with Crippen molar-refractivity contribution in [3.8, 4) is 0 Å². The van der Waals surface area contributed by atoms with Crippen LogP contribution in [0.1, 0.15) is 32.6 Å². The summed E-state index contributed by atoms with van der Waals surface area (Å²) in [5, 5.41) is 11.5. The molecule has 1 rings (SSSR count). The minimum absolute atomic E-state index is 0.0589. The van der Waals surface area contributed by atoms with E-state index >= 15 is 0 Å². The van der Waals surface area contributed by atoms with Gasteiger partial charge in [0, 0.05) is 32.1 Å². The third kappa shape index (κ3) is 4.37. The van der Waals surface area contributed by atoms with E-state index in [2.05, 4.69) is 24.3 Å². The first kappa shape index (κ1) is 16.8. The number of hydrogen-bond donors (Lipinski definition) is 2. The van der Waals surface area contributed by atoms with Crippen molar-refractivity contribution < 1.29 is 14.7 Å². The Labute approximate surface area is 121 Å². The van der Waals surface area contributed by atoms with Crippen LogP contribution in [0, 0.1) is 5.92 Å². The van der Waals surface area contributed by atoms with Crippen LogP contribution in [0.3, 0.4) is 0 Å². The van der Waals surface area contributed by atoms with E-state index in [-0.39, 0.29) is 23.9 Å². The van der Waals surface area contributed by atoms with Gasteiger partial charge in [-0.15, -0.1) is 0 Å². The van der Waals surface area contributed by atoms with Crippen molar-refractivity contribution in [3.05, 3.63) is 0 Å². The van der Waals surface area contributed by atoms with Crippen molar-refractivity contribution in [2.45, 2.75) is 38.1 Å². The van der Waals surface area contributed by atoms with Gasteiger partial charge in [0.1, 0.15) is 0 Å². The Hall–Kier alpha value is -1.30. The molecular weight excluding hydrogens is 258 g/mol. The topological polar surface area (TPSA) is 72.9 Å². The zero-order valence-electron chi connectivity index (χ0n) is 13.0. The molecule has 20 heavy (non-hydrogen) atoms. The Kier molecular flexibility index (Phi) is 5.80. The number of amides is 2. The summed E-state index contributed by atoms with van der Waals surface area (Å²) in [6, 6.07) is -0.129. The van der Waals surface area contributed by atoms with E-state index in [1.807, 2.05) is 6.92 Å². The number of carboxylic acids is 1. The molecule has 0 heterocycles. The fourth-order valence-electron chi connectivity index (χ4n) is 2.61. The Bertz CT molecular complexity index is 354. The molecule has 0 radical (unpaired) electrons. The summed E-state index contributed by atoms with van der Waals surface area (Å²) in [6.45, 7) is 2.92. The van der Waals surface area contributed by atoms with Crippen LogP contribution in [0.15, 0.2) is 0 Å². The third-order valence-electron chi connectivity index (χ3n) is 4.24. The van der Waals surface area contributed by atoms with Gasteiger partial charge < -0.3 is 20.2 Å². The zero-order valence-corrected chi connectivity index (χ0v) is 13.0. The lowest BCUT2D eigenvalue weighted by Crippen LogP contribution is -2.58. The highest BCUT2D eigenvalue weighted by atomic mass is 16.4. The fourth-order valence-corrected chi connectivity index (χ4v) is 2.61. The Morgan fingerprint density at radius 2 is 1.90 bits per heavy atom. The number of rotatable bonds is 7. The summed E-state index contributed by atoms with van der Waals surface area (Å²) in [7, 11) is 5.90. The van der Waals surface area contributed by atoms with Gasteiger partial charge in [0.25, 0.3) is 0 Å². The molecule has 0 bridgehead atoms. The molecule has 0 aliphatic heterocycles. The average Bonchev–Trinajstić information content (AvgIpc) is 2.28. The van der Waals surface area contributed by atoms with Crippen LogP contribution in [0.2, 0.25) is 0 Å². The van der Waals surface area contributed by atoms with Crippen LogP contribution < -0.4 is 5.32 Å². The predicted octanol–water partition coefficient (Wildman–Crippen LogP) is 1.22. The van der Waals surface area contributed by atoms with E-state index in [1.165, 1.54) is 6.42 Å². The van der Waals surface area contributed by atoms with Crippen molar-refractivity contribution in [3.63, 3.8) is 0 Å². The van der Waals surface area contributed by atoms with Crippen LogP contribution in [-0.4, -0.2) is 66.7 Å². The molecule has 1 aliphatic rings. The lowest BCUT2D eigenvalue weighted by atomic mass is 9.75. The van der Waals surface area contributed by atoms with Gasteiger partial charge >= 0.3 is 12.0 Å². The minimum atomic E-state index is -0.832. The number of likely N-dealkylation sites (N-methyl/N-ethyl adjacent to an activating group) is 2. The monoisotopic (exact) mass is 285 g/mol. The maximum Gasteiger partial charge on any atom is 0.317 e. The molecule has 0 aromatic heterocycles. The average molecular weight is 285 g/mol. The van der Waals surface area contributed by atoms with Gasteiger partial charge in [-0.05, 0) is 39.3 Å². The van der Waals surface area contributed by atoms with Gasteiger partial charge in [0.15, 0.2) is 0 Å². The summed E-state index contributed by atoms with van der Waals surface area (Å²) in [6.07, 6.45) is 3.52. The standard InChI is InChI=1S/C14H27N3O3/c1-11(8-12(18)19)9-15-13(20)17(4)10-14(16(2)3)6-5-7-14/h11H,5-10H2,1-4H3,(H,15,20)(H,18,19). The molecule has 0 saturated heterocycles. The summed E-state index contributed by atoms with van der Waals surface area (Å²) in [5.74, 6) is -0.891. The molecule has 1 saturated carbocycles. The van der Waals surface area contributed by atoms with E-state index in [4.69, 9.17) is 5.11 Å². The number of nitrogens with one attached hydrogen (secondary N) is 1. The lowest BCUT2D eigenvalue weighted by molar-refractivity contribution is -0.137. The quantitative estimate of drug-likeness (QED) is 0.738. The maximum absolute atomic E-state index is 12.0. The number of carbonyl (C=O) groups excluding carboxylic acids is 1. The van der Waals surface area contributed by atoms with Gasteiger partial charge in [-0.25, -0.2) is 4.79 Å². The first-order valence-electron chi connectivity index (χ1n) is 7.15. The predicted molar refractivity (Wildman–Crippen MR) is 77.7 cm³/mol. The van der Waals surface area contributed by atoms with Crippen molar-refractivity contribution in [2.24, 2.45) is 5.92 Å². The van der Waals surface area contributed by atoms with Crippen LogP contribution >= 0.6 is 0 Å². The summed E-state index contributed by atoms with van der Waals surface area (Å²) < 4.78 is 0. The largest absolute Gasteiger partial charge is 0.481 e. The van der Waals surface area contributed by atoms with Crippen molar-refractivity contribution in [1.82, 2.24) is 15.1 Å². The Morgan fingerprint density at radius 3 is 2.30 bits per heavy atom. The van der Waals surface area contributed by atoms with E-state index < -0.39 is 5.97 Å². The first-order chi connectivity index (χ1) is 9.27. The van der Waals surface area contributed by atoms with Crippen LogP contribution in [0.4, 0.5) is 4.79 Å². The molecule has 0 aromatic rings. The number of hydrogen-bond acceptors (Lipinski definition) is 3. The second-order valence-corrected chi connectivity index (χ2v) is 6.22. The van der Waals surface area contributed by atoms with Crippen LogP contribution in [0.5, 0.6) is 0 Å². The highest BCUT2D eigenvalue weighted by Gasteiger charge is 2.40. The highest BCUT2D eigenvalue weighted by molar-refractivity contribution is 5.74. The van der Waals surface area contributed by atoms with Crippen molar-refractivity contribution >= 4 is 12.0 Å². The van der Waals surface area contributed by atoms with Crippen LogP contribution in [-0.2, 0) is 4.79 Å². The molecule has 2 amide bonds. The Morgan fingerprint density at radius 1 is 1.30 bits per heavy atom. The lowest BCUT2D eigenvalue weighted by Gasteiger charge is -2.49. The minimum Gasteiger partial charge on any atom is -0.481 e. The van der Waals surface area contributed by atoms with E-state index in [0.29, 0.717) is 13.1 Å². The summed E-state index contributed by atoms with van der Waals surface area (Å²) in [5.41, 5.74) is 0.110. The molecule has 6 nitrogen and oxygen atoms in total. The van der Waals surface area contributed by atoms with Gasteiger partial charge in [-0.1, -0.05) is 6.92 Å². The van der Waals surface area contributed by atoms with Gasteiger partial charge in [-0.2, -0.15) is 0 Å². The van der Waals surface area contributed by atoms with Gasteiger partial charge in [0.05, 0.1) is 0 Å². The molecule has 1 aliphatic carbocycles. The van der Waals surface area contributed by atoms with Crippen molar-refractivity contribution in [2.75, 3.05) is 34.2 Å². The van der Waals surface area contributed by atoms with E-state index in [0.717, 1.165) is 12.8 Å². The molecule has 1 unspecified atom stereocenters. The molecule has 6 heteroatoms. The van der Waals surface area contributed by atoms with Crippen LogP contribution in [0.25, 0.3) is 0 Å². The van der Waals surface area contributed by atoms with E-state index in [9.17, 15) is 9.59 Å². The zero-order chi connectivity index (χ0) is 15.3. The molecule has 116 valence electrons. The first-order valence-corrected chi connectivity index (χ1v) is 7.15. The maximum atomic E-state index is 12.0. The summed E-state index contributed by atoms with van der Waals surface area (Å²) >= 11 is 0. The SMILES string of the molecule is CC(CNC(=O)N(C)CC1(N(C)C)CCC1)CC(=O)O. The molecule has 1 fully saturated rings. The number of nitrogens with zero attached hydrogens (tertiary/aromatic N) is 2. The normalized spacial score (nSPS) is 18.2. The van der Waals surface area contributed by atoms with Gasteiger partial charge in [-0.3, -0.25) is 4.79 Å². The van der Waals surface area contributed by atoms with E-state index in [1.54, 1.807) is 11.9 Å². The highest BCUT2D eigenvalue weighted by Crippen LogP contribution is 2.36. The second kappa shape index (κ2) is 6.92. The van der Waals surface area contributed by atoms with Crippen molar-refractivity contribution in [1.29, 1.82) is 0 Å². The molecule has 0 aromatic carbocycles. The number of aliphatic carboxylic acids is 1. The smallest absolute Gasteiger partial charge is 0.317 e. The molecule has 0 spiro atoms. The number of urea groups is 1.